The Balaban J connectivity index is 1.72. The van der Waals surface area contributed by atoms with E-state index in [1.165, 1.54) is 0 Å². The Morgan fingerprint density at radius 1 is 1.20 bits per heavy atom. The molecular weight excluding hydrogens is 438 g/mol. The Bertz CT molecular complexity index is 1200. The number of amides is 2. The van der Waals surface area contributed by atoms with Crippen molar-refractivity contribution in [2.45, 2.75) is 40.7 Å². The van der Waals surface area contributed by atoms with Crippen LogP contribution >= 0.6 is 0 Å². The molecule has 0 saturated carbocycles. The van der Waals surface area contributed by atoms with Gasteiger partial charge in [-0.15, -0.1) is 0 Å². The molecule has 1 aromatic heterocycles. The molecule has 1 N–H and O–H groups in total. The summed E-state index contributed by atoms with van der Waals surface area (Å²) in [5.74, 6) is 1.03. The third kappa shape index (κ3) is 5.56. The molecule has 2 amide bonds. The number of anilines is 1. The number of carbonyl (C=O) groups is 2. The summed E-state index contributed by atoms with van der Waals surface area (Å²) in [7, 11) is 1.88. The van der Waals surface area contributed by atoms with Gasteiger partial charge in [0.2, 0.25) is 5.91 Å². The van der Waals surface area contributed by atoms with Crippen LogP contribution in [0.5, 0.6) is 0 Å². The first-order valence-electron chi connectivity index (χ1n) is 12.6. The topological polar surface area (TPSA) is 70.5 Å². The molecule has 7 heteroatoms. The fourth-order valence-corrected chi connectivity index (χ4v) is 4.89. The molecule has 0 radical (unpaired) electrons. The first kappa shape index (κ1) is 24.9. The minimum Gasteiger partial charge on any atom is -0.341 e. The molecule has 1 aliphatic heterocycles. The summed E-state index contributed by atoms with van der Waals surface area (Å²) in [6, 6.07) is 13.9. The van der Waals surface area contributed by atoms with Crippen LogP contribution < -0.4 is 5.32 Å². The Morgan fingerprint density at radius 3 is 2.60 bits per heavy atom. The van der Waals surface area contributed by atoms with Gasteiger partial charge in [0.05, 0.1) is 16.6 Å². The smallest absolute Gasteiger partial charge is 0.255 e. The van der Waals surface area contributed by atoms with Crippen LogP contribution in [0.1, 0.15) is 48.9 Å². The second-order valence-corrected chi connectivity index (χ2v) is 10.00. The molecule has 1 saturated heterocycles. The SMILES string of the molecule is CCN1CCC(CN(C)C(=O)c2cc(NC(=O)C(C)C)cc3nc(C)n(Cc4ccccc4)c23)C1. The van der Waals surface area contributed by atoms with E-state index in [9.17, 15) is 9.59 Å². The first-order valence-corrected chi connectivity index (χ1v) is 12.6. The van der Waals surface area contributed by atoms with E-state index in [2.05, 4.69) is 33.8 Å². The van der Waals surface area contributed by atoms with Gasteiger partial charge in [-0.25, -0.2) is 4.98 Å². The quantitative estimate of drug-likeness (QED) is 0.524. The summed E-state index contributed by atoms with van der Waals surface area (Å²) in [6.07, 6.45) is 1.11. The number of nitrogens with one attached hydrogen (secondary N) is 1. The molecular formula is C28H37N5O2. The molecule has 186 valence electrons. The fraction of sp³-hybridized carbons (Fsp3) is 0.464. The second kappa shape index (κ2) is 10.6. The largest absolute Gasteiger partial charge is 0.341 e. The van der Waals surface area contributed by atoms with Gasteiger partial charge in [-0.2, -0.15) is 0 Å². The highest BCUT2D eigenvalue weighted by Crippen LogP contribution is 2.28. The number of aryl methyl sites for hydroxylation is 1. The molecule has 1 unspecified atom stereocenters. The third-order valence-corrected chi connectivity index (χ3v) is 6.93. The van der Waals surface area contributed by atoms with E-state index in [4.69, 9.17) is 4.98 Å². The fourth-order valence-electron chi connectivity index (χ4n) is 4.89. The normalized spacial score (nSPS) is 16.2. The molecule has 4 rings (SSSR count). The molecule has 2 heterocycles. The average Bonchev–Trinajstić information content (AvgIpc) is 3.42. The van der Waals surface area contributed by atoms with Gasteiger partial charge in [0.1, 0.15) is 5.82 Å². The summed E-state index contributed by atoms with van der Waals surface area (Å²) in [6.45, 7) is 12.4. The van der Waals surface area contributed by atoms with Crippen LogP contribution in [0.3, 0.4) is 0 Å². The lowest BCUT2D eigenvalue weighted by molar-refractivity contribution is -0.118. The van der Waals surface area contributed by atoms with Crippen molar-refractivity contribution in [2.75, 3.05) is 38.5 Å². The number of aromatic nitrogens is 2. The van der Waals surface area contributed by atoms with Crippen molar-refractivity contribution in [1.29, 1.82) is 0 Å². The molecule has 1 fully saturated rings. The number of nitrogens with zero attached hydrogens (tertiary/aromatic N) is 4. The van der Waals surface area contributed by atoms with E-state index in [0.717, 1.165) is 48.5 Å². The number of rotatable bonds is 8. The van der Waals surface area contributed by atoms with Gasteiger partial charge in [-0.05, 0) is 50.0 Å². The molecule has 3 aromatic rings. The van der Waals surface area contributed by atoms with Crippen molar-refractivity contribution in [1.82, 2.24) is 19.4 Å². The number of benzene rings is 2. The molecule has 0 bridgehead atoms. The standard InChI is InChI=1S/C28H37N5O2/c1-6-32-13-12-22(17-32)16-31(5)28(35)24-14-23(30-27(34)19(2)3)15-25-26(24)33(20(4)29-25)18-21-10-8-7-9-11-21/h7-11,14-15,19,22H,6,12-13,16-18H2,1-5H3,(H,30,34). The van der Waals surface area contributed by atoms with E-state index in [0.29, 0.717) is 30.3 Å². The molecule has 7 nitrogen and oxygen atoms in total. The predicted molar refractivity (Wildman–Crippen MR) is 141 cm³/mol. The van der Waals surface area contributed by atoms with Crippen LogP contribution in [0, 0.1) is 18.8 Å². The molecule has 1 atom stereocenters. The summed E-state index contributed by atoms with van der Waals surface area (Å²) in [5, 5.41) is 2.97. The lowest BCUT2D eigenvalue weighted by Crippen LogP contribution is -2.33. The van der Waals surface area contributed by atoms with Crippen LogP contribution in [-0.4, -0.2) is 64.4 Å². The minimum atomic E-state index is -0.159. The first-order chi connectivity index (χ1) is 16.8. The van der Waals surface area contributed by atoms with Crippen molar-refractivity contribution >= 4 is 28.5 Å². The molecule has 0 spiro atoms. The molecule has 35 heavy (non-hydrogen) atoms. The summed E-state index contributed by atoms with van der Waals surface area (Å²) < 4.78 is 2.11. The maximum Gasteiger partial charge on any atom is 0.255 e. The van der Waals surface area contributed by atoms with Gasteiger partial charge in [-0.1, -0.05) is 51.1 Å². The molecule has 0 aliphatic carbocycles. The number of hydrogen-bond acceptors (Lipinski definition) is 4. The lowest BCUT2D eigenvalue weighted by Gasteiger charge is -2.23. The Morgan fingerprint density at radius 2 is 1.94 bits per heavy atom. The number of imidazole rings is 1. The number of likely N-dealkylation sites (tertiary alicyclic amines) is 1. The van der Waals surface area contributed by atoms with E-state index in [1.54, 1.807) is 0 Å². The van der Waals surface area contributed by atoms with Gasteiger partial charge in [0.25, 0.3) is 5.91 Å². The van der Waals surface area contributed by atoms with Gasteiger partial charge in [-0.3, -0.25) is 9.59 Å². The zero-order chi connectivity index (χ0) is 25.1. The number of hydrogen-bond donors (Lipinski definition) is 1. The van der Waals surface area contributed by atoms with Crippen molar-refractivity contribution < 1.29 is 9.59 Å². The second-order valence-electron chi connectivity index (χ2n) is 10.00. The van der Waals surface area contributed by atoms with Crippen LogP contribution in [0.25, 0.3) is 11.0 Å². The van der Waals surface area contributed by atoms with Gasteiger partial charge in [0.15, 0.2) is 0 Å². The third-order valence-electron chi connectivity index (χ3n) is 6.93. The van der Waals surface area contributed by atoms with Gasteiger partial charge >= 0.3 is 0 Å². The maximum absolute atomic E-state index is 13.8. The maximum atomic E-state index is 13.8. The van der Waals surface area contributed by atoms with Crippen molar-refractivity contribution in [3.8, 4) is 0 Å². The molecule has 1 aliphatic rings. The highest BCUT2D eigenvalue weighted by Gasteiger charge is 2.27. The predicted octanol–water partition coefficient (Wildman–Crippen LogP) is 4.40. The number of fused-ring (bicyclic) bond motifs is 1. The minimum absolute atomic E-state index is 0.0418. The van der Waals surface area contributed by atoms with Crippen LogP contribution in [0.15, 0.2) is 42.5 Å². The lowest BCUT2D eigenvalue weighted by atomic mass is 10.1. The Kier molecular flexibility index (Phi) is 7.55. The Labute approximate surface area is 208 Å². The van der Waals surface area contributed by atoms with Crippen LogP contribution in [0.2, 0.25) is 0 Å². The summed E-state index contributed by atoms with van der Waals surface area (Å²) >= 11 is 0. The van der Waals surface area contributed by atoms with Crippen LogP contribution in [0.4, 0.5) is 5.69 Å². The average molecular weight is 476 g/mol. The summed E-state index contributed by atoms with van der Waals surface area (Å²) in [5.41, 5.74) is 3.85. The monoisotopic (exact) mass is 475 g/mol. The zero-order valence-electron chi connectivity index (χ0n) is 21.5. The number of carbonyl (C=O) groups excluding carboxylic acids is 2. The van der Waals surface area contributed by atoms with Crippen molar-refractivity contribution in [3.05, 3.63) is 59.4 Å². The highest BCUT2D eigenvalue weighted by molar-refractivity contribution is 6.07. The van der Waals surface area contributed by atoms with Crippen molar-refractivity contribution in [2.24, 2.45) is 11.8 Å². The van der Waals surface area contributed by atoms with E-state index >= 15 is 0 Å². The van der Waals surface area contributed by atoms with E-state index in [1.807, 2.05) is 63.1 Å². The van der Waals surface area contributed by atoms with Gasteiger partial charge in [0, 0.05) is 38.3 Å². The zero-order valence-corrected chi connectivity index (χ0v) is 21.5. The van der Waals surface area contributed by atoms with E-state index < -0.39 is 0 Å². The van der Waals surface area contributed by atoms with Crippen LogP contribution in [-0.2, 0) is 11.3 Å². The highest BCUT2D eigenvalue weighted by atomic mass is 16.2. The Hall–Kier alpha value is -3.19. The molecule has 2 aromatic carbocycles. The van der Waals surface area contributed by atoms with Gasteiger partial charge < -0.3 is 19.7 Å². The van der Waals surface area contributed by atoms with Crippen molar-refractivity contribution in [3.63, 3.8) is 0 Å². The van der Waals surface area contributed by atoms with E-state index in [-0.39, 0.29) is 17.7 Å². The summed E-state index contributed by atoms with van der Waals surface area (Å²) in [4.78, 5) is 35.3.